The lowest BCUT2D eigenvalue weighted by Gasteiger charge is -2.13. The third-order valence-electron chi connectivity index (χ3n) is 2.04. The molecule has 2 atom stereocenters. The minimum absolute atomic E-state index is 0.0822. The molecule has 1 amide bonds. The van der Waals surface area contributed by atoms with Crippen LogP contribution in [0, 0.1) is 5.92 Å². The first kappa shape index (κ1) is 12.5. The van der Waals surface area contributed by atoms with Gasteiger partial charge in [0.25, 0.3) is 0 Å². The molecule has 0 aromatic heterocycles. The Balaban J connectivity index is 2.38. The van der Waals surface area contributed by atoms with Crippen LogP contribution in [0.15, 0.2) is 12.2 Å². The Morgan fingerprint density at radius 2 is 2.44 bits per heavy atom. The third kappa shape index (κ3) is 3.90. The maximum Gasteiger partial charge on any atom is 0.404 e. The van der Waals surface area contributed by atoms with E-state index in [1.807, 2.05) is 6.92 Å². The molecule has 0 saturated carbocycles. The molecule has 0 bridgehead atoms. The first-order chi connectivity index (χ1) is 7.63. The van der Waals surface area contributed by atoms with E-state index in [0.29, 0.717) is 6.61 Å². The van der Waals surface area contributed by atoms with Gasteiger partial charge in [-0.25, -0.2) is 4.79 Å². The molecule has 0 aromatic carbocycles. The molecule has 16 heavy (non-hydrogen) atoms. The maximum atomic E-state index is 11.0. The van der Waals surface area contributed by atoms with Crippen molar-refractivity contribution in [3.8, 4) is 0 Å². The van der Waals surface area contributed by atoms with Gasteiger partial charge in [-0.05, 0) is 6.92 Å². The van der Waals surface area contributed by atoms with Crippen molar-refractivity contribution in [3.63, 3.8) is 0 Å². The molecule has 1 rings (SSSR count). The summed E-state index contributed by atoms with van der Waals surface area (Å²) < 4.78 is 14.7. The lowest BCUT2D eigenvalue weighted by atomic mass is 10.1. The summed E-state index contributed by atoms with van der Waals surface area (Å²) in [6.45, 7) is 2.38. The molecule has 0 aromatic rings. The summed E-state index contributed by atoms with van der Waals surface area (Å²) in [7, 11) is 0. The van der Waals surface area contributed by atoms with Crippen molar-refractivity contribution in [3.05, 3.63) is 12.2 Å². The highest BCUT2D eigenvalue weighted by Gasteiger charge is 2.33. The number of ether oxygens (including phenoxy) is 3. The highest BCUT2D eigenvalue weighted by atomic mass is 16.7. The zero-order chi connectivity index (χ0) is 12.0. The highest BCUT2D eigenvalue weighted by molar-refractivity contribution is 5.72. The first-order valence-electron chi connectivity index (χ1n) is 5.03. The molecule has 1 aliphatic heterocycles. The van der Waals surface area contributed by atoms with Crippen LogP contribution >= 0.6 is 0 Å². The van der Waals surface area contributed by atoms with Gasteiger partial charge in [-0.1, -0.05) is 12.2 Å². The Labute approximate surface area is 93.3 Å². The number of rotatable bonds is 5. The van der Waals surface area contributed by atoms with Crippen LogP contribution in [0.1, 0.15) is 13.3 Å². The van der Waals surface area contributed by atoms with Gasteiger partial charge in [-0.15, -0.1) is 0 Å². The quantitative estimate of drug-likeness (QED) is 0.549. The zero-order valence-electron chi connectivity index (χ0n) is 9.05. The van der Waals surface area contributed by atoms with Crippen molar-refractivity contribution in [1.29, 1.82) is 0 Å². The highest BCUT2D eigenvalue weighted by Crippen LogP contribution is 2.24. The zero-order valence-corrected chi connectivity index (χ0v) is 9.05. The van der Waals surface area contributed by atoms with Crippen molar-refractivity contribution >= 4 is 12.1 Å². The fourth-order valence-corrected chi connectivity index (χ4v) is 1.39. The fraction of sp³-hybridized carbons (Fsp3) is 0.600. The summed E-state index contributed by atoms with van der Waals surface area (Å²) >= 11 is 0. The Kier molecular flexibility index (Phi) is 4.78. The predicted molar refractivity (Wildman–Crippen MR) is 54.3 cm³/mol. The molecule has 0 radical (unpaired) electrons. The number of hydrogen-bond donors (Lipinski definition) is 1. The number of nitrogens with two attached hydrogens (primary N) is 1. The number of carbonyl (C=O) groups excluding carboxylic acids is 2. The van der Waals surface area contributed by atoms with E-state index in [-0.39, 0.29) is 24.9 Å². The number of amides is 1. The Morgan fingerprint density at radius 3 is 3.06 bits per heavy atom. The minimum Gasteiger partial charge on any atom is -0.445 e. The number of hydrogen-bond acceptors (Lipinski definition) is 5. The third-order valence-corrected chi connectivity index (χ3v) is 2.04. The molecular formula is C10H15NO5. The molecule has 1 fully saturated rings. The Hall–Kier alpha value is -1.56. The SMILES string of the molecule is CCO[C@@H]1OC(=O)C[C@@H]1C=CCOC(N)=O. The van der Waals surface area contributed by atoms with Crippen molar-refractivity contribution in [2.45, 2.75) is 19.6 Å². The molecule has 0 unspecified atom stereocenters. The van der Waals surface area contributed by atoms with Gasteiger partial charge < -0.3 is 19.9 Å². The summed E-state index contributed by atoms with van der Waals surface area (Å²) in [5.41, 5.74) is 4.79. The predicted octanol–water partition coefficient (Wildman–Crippen LogP) is 0.564. The Morgan fingerprint density at radius 1 is 1.69 bits per heavy atom. The standard InChI is InChI=1S/C10H15NO5/c1-2-14-9-7(6-8(12)16-9)4-3-5-15-10(11)13/h3-4,7,9H,2,5-6H2,1H3,(H2,11,13)/t7-,9+/m0/s1. The number of carbonyl (C=O) groups is 2. The molecule has 2 N–H and O–H groups in total. The van der Waals surface area contributed by atoms with Crippen LogP contribution in [0.2, 0.25) is 0 Å². The smallest absolute Gasteiger partial charge is 0.404 e. The number of primary amides is 1. The monoisotopic (exact) mass is 229 g/mol. The molecule has 90 valence electrons. The van der Waals surface area contributed by atoms with Gasteiger partial charge in [0.05, 0.1) is 12.3 Å². The average Bonchev–Trinajstić information content (AvgIpc) is 2.54. The lowest BCUT2D eigenvalue weighted by molar-refractivity contribution is -0.164. The van der Waals surface area contributed by atoms with Crippen LogP contribution in [-0.4, -0.2) is 31.6 Å². The number of cyclic esters (lactones) is 1. The van der Waals surface area contributed by atoms with E-state index >= 15 is 0 Å². The van der Waals surface area contributed by atoms with Crippen molar-refractivity contribution in [2.75, 3.05) is 13.2 Å². The van der Waals surface area contributed by atoms with Crippen LogP contribution in [0.25, 0.3) is 0 Å². The Bertz CT molecular complexity index is 289. The normalized spacial score (nSPS) is 24.7. The summed E-state index contributed by atoms with van der Waals surface area (Å²) in [4.78, 5) is 21.3. The van der Waals surface area contributed by atoms with Crippen LogP contribution in [-0.2, 0) is 19.0 Å². The van der Waals surface area contributed by atoms with E-state index in [0.717, 1.165) is 0 Å². The van der Waals surface area contributed by atoms with E-state index in [4.69, 9.17) is 15.2 Å². The molecule has 1 aliphatic rings. The average molecular weight is 229 g/mol. The molecule has 1 heterocycles. The minimum atomic E-state index is -0.829. The van der Waals surface area contributed by atoms with Gasteiger partial charge in [0, 0.05) is 6.61 Å². The van der Waals surface area contributed by atoms with Gasteiger partial charge in [-0.2, -0.15) is 0 Å². The van der Waals surface area contributed by atoms with E-state index in [2.05, 4.69) is 4.74 Å². The van der Waals surface area contributed by atoms with Gasteiger partial charge >= 0.3 is 12.1 Å². The van der Waals surface area contributed by atoms with Gasteiger partial charge in [-0.3, -0.25) is 4.79 Å². The van der Waals surface area contributed by atoms with Gasteiger partial charge in [0.15, 0.2) is 0 Å². The van der Waals surface area contributed by atoms with E-state index in [9.17, 15) is 9.59 Å². The largest absolute Gasteiger partial charge is 0.445 e. The molecule has 6 nitrogen and oxygen atoms in total. The van der Waals surface area contributed by atoms with Crippen LogP contribution in [0.4, 0.5) is 4.79 Å². The topological polar surface area (TPSA) is 87.8 Å². The lowest BCUT2D eigenvalue weighted by Crippen LogP contribution is -2.18. The molecule has 0 spiro atoms. The van der Waals surface area contributed by atoms with E-state index < -0.39 is 12.4 Å². The van der Waals surface area contributed by atoms with Crippen LogP contribution < -0.4 is 5.73 Å². The second-order valence-electron chi connectivity index (χ2n) is 3.24. The molecule has 6 heteroatoms. The summed E-state index contributed by atoms with van der Waals surface area (Å²) in [5.74, 6) is -0.423. The van der Waals surface area contributed by atoms with Crippen molar-refractivity contribution in [2.24, 2.45) is 11.7 Å². The summed E-state index contributed by atoms with van der Waals surface area (Å²) in [6.07, 6.45) is 2.25. The second-order valence-corrected chi connectivity index (χ2v) is 3.24. The summed E-state index contributed by atoms with van der Waals surface area (Å²) in [5, 5.41) is 0. The van der Waals surface area contributed by atoms with E-state index in [1.165, 1.54) is 0 Å². The van der Waals surface area contributed by atoms with E-state index in [1.54, 1.807) is 12.2 Å². The second kappa shape index (κ2) is 6.12. The first-order valence-corrected chi connectivity index (χ1v) is 5.03. The van der Waals surface area contributed by atoms with Crippen molar-refractivity contribution < 1.29 is 23.8 Å². The molecular weight excluding hydrogens is 214 g/mol. The van der Waals surface area contributed by atoms with Crippen molar-refractivity contribution in [1.82, 2.24) is 0 Å². The van der Waals surface area contributed by atoms with Crippen LogP contribution in [0.5, 0.6) is 0 Å². The fourth-order valence-electron chi connectivity index (χ4n) is 1.39. The summed E-state index contributed by atoms with van der Waals surface area (Å²) in [6, 6.07) is 0. The maximum absolute atomic E-state index is 11.0. The molecule has 0 aliphatic carbocycles. The number of esters is 1. The van der Waals surface area contributed by atoms with Gasteiger partial charge in [0.2, 0.25) is 6.29 Å². The molecule has 1 saturated heterocycles. The van der Waals surface area contributed by atoms with Gasteiger partial charge in [0.1, 0.15) is 6.61 Å². The van der Waals surface area contributed by atoms with Crippen LogP contribution in [0.3, 0.4) is 0 Å².